The zero-order chi connectivity index (χ0) is 27.8. The van der Waals surface area contributed by atoms with Gasteiger partial charge in [-0.15, -0.1) is 0 Å². The van der Waals surface area contributed by atoms with Crippen LogP contribution < -0.4 is 10.1 Å². The van der Waals surface area contributed by atoms with E-state index in [0.717, 1.165) is 43.2 Å². The van der Waals surface area contributed by atoms with Crippen molar-refractivity contribution in [2.45, 2.75) is 76.0 Å². The van der Waals surface area contributed by atoms with E-state index >= 15 is 0 Å². The first-order chi connectivity index (χ1) is 18.9. The number of aliphatic hydroxyl groups excluding tert-OH is 2. The van der Waals surface area contributed by atoms with Crippen molar-refractivity contribution in [1.82, 2.24) is 10.2 Å². The summed E-state index contributed by atoms with van der Waals surface area (Å²) in [5.41, 5.74) is 1.95. The fourth-order valence-electron chi connectivity index (χ4n) is 5.60. The number of carbonyl (C=O) groups is 2. The lowest BCUT2D eigenvalue weighted by atomic mass is 9.77. The molecule has 2 aromatic carbocycles. The topological polar surface area (TPSA) is 99.1 Å². The van der Waals surface area contributed by atoms with Gasteiger partial charge < -0.3 is 25.2 Å². The molecule has 0 saturated heterocycles. The molecule has 39 heavy (non-hydrogen) atoms. The standard InChI is InChI=1S/C31H39FN2O5/c1-2-3-4-5-6-14-27(36)34(17-15-21-10-9-11-22(32)19-21)25-20-24(31(38)33-16-18-35)28-23-12-7-8-13-26(23)39-30(28)29(25)37/h7-13,19-20,25,28-30,35,37H,2-6,14-18H2,1H3,(H,33,38). The summed E-state index contributed by atoms with van der Waals surface area (Å²) in [6, 6.07) is 12.9. The summed E-state index contributed by atoms with van der Waals surface area (Å²) in [5.74, 6) is -0.732. The fraction of sp³-hybridized carbons (Fsp3) is 0.484. The van der Waals surface area contributed by atoms with E-state index in [4.69, 9.17) is 4.74 Å². The SMILES string of the molecule is CCCCCCCC(=O)N(CCc1cccc(F)c1)C1C=C(C(=O)NCCO)C2c3ccccc3OC2C1O. The number of rotatable bonds is 13. The normalized spacial score (nSPS) is 21.4. The van der Waals surface area contributed by atoms with Crippen LogP contribution in [0.4, 0.5) is 4.39 Å². The van der Waals surface area contributed by atoms with Crippen molar-refractivity contribution in [1.29, 1.82) is 0 Å². The number of nitrogens with one attached hydrogen (secondary N) is 1. The smallest absolute Gasteiger partial charge is 0.247 e. The van der Waals surface area contributed by atoms with Gasteiger partial charge in [-0.1, -0.05) is 62.9 Å². The number of hydrogen-bond donors (Lipinski definition) is 3. The molecular weight excluding hydrogens is 499 g/mol. The Morgan fingerprint density at radius 1 is 1.08 bits per heavy atom. The van der Waals surface area contributed by atoms with Crippen molar-refractivity contribution in [3.63, 3.8) is 0 Å². The Bertz CT molecular complexity index is 1170. The number of para-hydroxylation sites is 1. The predicted molar refractivity (Wildman–Crippen MR) is 147 cm³/mol. The summed E-state index contributed by atoms with van der Waals surface area (Å²) in [7, 11) is 0. The number of ether oxygens (including phenoxy) is 1. The average molecular weight is 539 g/mol. The summed E-state index contributed by atoms with van der Waals surface area (Å²) in [6.45, 7) is 2.28. The molecule has 0 bridgehead atoms. The fourth-order valence-corrected chi connectivity index (χ4v) is 5.60. The van der Waals surface area contributed by atoms with Crippen molar-refractivity contribution >= 4 is 11.8 Å². The molecule has 7 nitrogen and oxygen atoms in total. The van der Waals surface area contributed by atoms with E-state index in [2.05, 4.69) is 12.2 Å². The Morgan fingerprint density at radius 3 is 2.64 bits per heavy atom. The van der Waals surface area contributed by atoms with Crippen molar-refractivity contribution in [2.24, 2.45) is 0 Å². The second kappa shape index (κ2) is 13.7. The Morgan fingerprint density at radius 2 is 1.87 bits per heavy atom. The summed E-state index contributed by atoms with van der Waals surface area (Å²) in [5, 5.41) is 23.6. The molecule has 4 unspecified atom stereocenters. The second-order valence-corrected chi connectivity index (χ2v) is 10.3. The molecule has 1 heterocycles. The highest BCUT2D eigenvalue weighted by molar-refractivity contribution is 5.96. The second-order valence-electron chi connectivity index (χ2n) is 10.3. The lowest BCUT2D eigenvalue weighted by Gasteiger charge is -2.41. The molecule has 0 radical (unpaired) electrons. The molecule has 2 aliphatic rings. The maximum Gasteiger partial charge on any atom is 0.247 e. The zero-order valence-corrected chi connectivity index (χ0v) is 22.5. The van der Waals surface area contributed by atoms with Gasteiger partial charge in [0, 0.05) is 30.6 Å². The van der Waals surface area contributed by atoms with E-state index in [-0.39, 0.29) is 37.3 Å². The van der Waals surface area contributed by atoms with Crippen LogP contribution in [0.3, 0.4) is 0 Å². The van der Waals surface area contributed by atoms with Gasteiger partial charge in [0.15, 0.2) is 0 Å². The summed E-state index contributed by atoms with van der Waals surface area (Å²) >= 11 is 0. The Labute approximate surface area is 229 Å². The first-order valence-corrected chi connectivity index (χ1v) is 14.0. The molecule has 4 rings (SSSR count). The van der Waals surface area contributed by atoms with Crippen molar-refractivity contribution in [3.05, 3.63) is 77.1 Å². The largest absolute Gasteiger partial charge is 0.486 e. The van der Waals surface area contributed by atoms with Gasteiger partial charge in [-0.05, 0) is 42.7 Å². The van der Waals surface area contributed by atoms with Gasteiger partial charge in [0.05, 0.1) is 18.6 Å². The number of benzene rings is 2. The van der Waals surface area contributed by atoms with Crippen LogP contribution in [0.2, 0.25) is 0 Å². The lowest BCUT2D eigenvalue weighted by Crippen LogP contribution is -2.56. The monoisotopic (exact) mass is 538 g/mol. The summed E-state index contributed by atoms with van der Waals surface area (Å²) < 4.78 is 20.0. The highest BCUT2D eigenvalue weighted by atomic mass is 19.1. The molecule has 0 spiro atoms. The van der Waals surface area contributed by atoms with Gasteiger partial charge in [0.1, 0.15) is 23.8 Å². The van der Waals surface area contributed by atoms with Gasteiger partial charge in [-0.3, -0.25) is 9.59 Å². The Hall–Kier alpha value is -3.23. The number of fused-ring (bicyclic) bond motifs is 3. The molecule has 4 atom stereocenters. The molecule has 2 aromatic rings. The Kier molecular flexibility index (Phi) is 10.1. The van der Waals surface area contributed by atoms with E-state index < -0.39 is 24.2 Å². The lowest BCUT2D eigenvalue weighted by molar-refractivity contribution is -0.137. The molecule has 210 valence electrons. The van der Waals surface area contributed by atoms with E-state index in [1.54, 1.807) is 17.0 Å². The highest BCUT2D eigenvalue weighted by Gasteiger charge is 2.50. The maximum atomic E-state index is 13.8. The summed E-state index contributed by atoms with van der Waals surface area (Å²) in [6.07, 6.45) is 5.55. The molecule has 1 aliphatic carbocycles. The van der Waals surface area contributed by atoms with Gasteiger partial charge in [-0.2, -0.15) is 0 Å². The number of carbonyl (C=O) groups excluding carboxylic acids is 2. The van der Waals surface area contributed by atoms with Crippen molar-refractivity contribution in [3.8, 4) is 5.75 Å². The molecule has 8 heteroatoms. The first kappa shape index (κ1) is 28.8. The van der Waals surface area contributed by atoms with Gasteiger partial charge in [-0.25, -0.2) is 4.39 Å². The van der Waals surface area contributed by atoms with Crippen LogP contribution in [0.1, 0.15) is 62.5 Å². The number of aliphatic hydroxyl groups is 2. The van der Waals surface area contributed by atoms with Crippen LogP contribution in [0.25, 0.3) is 0 Å². The molecular formula is C31H39FN2O5. The molecule has 0 aromatic heterocycles. The first-order valence-electron chi connectivity index (χ1n) is 14.0. The number of halogens is 1. The van der Waals surface area contributed by atoms with E-state index in [1.165, 1.54) is 12.1 Å². The number of hydrogen-bond acceptors (Lipinski definition) is 5. The predicted octanol–water partition coefficient (Wildman–Crippen LogP) is 3.88. The third kappa shape index (κ3) is 6.86. The van der Waals surface area contributed by atoms with Crippen LogP contribution in [-0.2, 0) is 16.0 Å². The van der Waals surface area contributed by atoms with Crippen molar-refractivity contribution < 1.29 is 28.9 Å². The van der Waals surface area contributed by atoms with Crippen LogP contribution in [0, 0.1) is 5.82 Å². The van der Waals surface area contributed by atoms with Gasteiger partial charge in [0.2, 0.25) is 11.8 Å². The number of unbranched alkanes of at least 4 members (excludes halogenated alkanes) is 4. The molecule has 0 fully saturated rings. The van der Waals surface area contributed by atoms with Gasteiger partial charge in [0.25, 0.3) is 0 Å². The minimum atomic E-state index is -1.08. The van der Waals surface area contributed by atoms with Crippen LogP contribution in [0.5, 0.6) is 5.75 Å². The minimum Gasteiger partial charge on any atom is -0.486 e. The van der Waals surface area contributed by atoms with Crippen LogP contribution in [-0.4, -0.2) is 64.9 Å². The van der Waals surface area contributed by atoms with E-state index in [0.29, 0.717) is 24.2 Å². The van der Waals surface area contributed by atoms with Crippen LogP contribution in [0.15, 0.2) is 60.2 Å². The highest BCUT2D eigenvalue weighted by Crippen LogP contribution is 2.47. The maximum absolute atomic E-state index is 13.8. The van der Waals surface area contributed by atoms with E-state index in [9.17, 15) is 24.2 Å². The van der Waals surface area contributed by atoms with Crippen molar-refractivity contribution in [2.75, 3.05) is 19.7 Å². The molecule has 3 N–H and O–H groups in total. The molecule has 2 amide bonds. The quantitative estimate of drug-likeness (QED) is 0.336. The summed E-state index contributed by atoms with van der Waals surface area (Å²) in [4.78, 5) is 28.5. The zero-order valence-electron chi connectivity index (χ0n) is 22.5. The third-order valence-corrected chi connectivity index (χ3v) is 7.58. The average Bonchev–Trinajstić information content (AvgIpc) is 3.33. The Balaban J connectivity index is 1.64. The number of nitrogens with zero attached hydrogens (tertiary/aromatic N) is 1. The van der Waals surface area contributed by atoms with Crippen LogP contribution >= 0.6 is 0 Å². The number of amides is 2. The minimum absolute atomic E-state index is 0.0866. The molecule has 0 saturated carbocycles. The molecule has 1 aliphatic heterocycles. The van der Waals surface area contributed by atoms with E-state index in [1.807, 2.05) is 30.3 Å². The third-order valence-electron chi connectivity index (χ3n) is 7.58. The van der Waals surface area contributed by atoms with Gasteiger partial charge >= 0.3 is 0 Å².